The molecule has 8 nitrogen and oxygen atoms in total. The molecular weight excluding hydrogens is 444 g/mol. The number of carbonyl (C=O) groups excluding carboxylic acids is 1. The van der Waals surface area contributed by atoms with Crippen LogP contribution < -0.4 is 4.74 Å². The highest BCUT2D eigenvalue weighted by molar-refractivity contribution is 5.94. The lowest BCUT2D eigenvalue weighted by molar-refractivity contribution is -0.160. The van der Waals surface area contributed by atoms with E-state index >= 15 is 0 Å². The molecule has 35 heavy (non-hydrogen) atoms. The predicted molar refractivity (Wildman–Crippen MR) is 132 cm³/mol. The third-order valence-electron chi connectivity index (χ3n) is 7.31. The van der Waals surface area contributed by atoms with Crippen molar-refractivity contribution >= 4 is 16.9 Å². The number of H-pyrrole nitrogens is 1. The number of aromatic nitrogens is 3. The number of nitrogens with one attached hydrogen (secondary N) is 1. The van der Waals surface area contributed by atoms with Crippen molar-refractivity contribution in [3.05, 3.63) is 45.9 Å². The molecule has 1 aliphatic heterocycles. The third kappa shape index (κ3) is 4.30. The van der Waals surface area contributed by atoms with E-state index in [-0.39, 0.29) is 18.3 Å². The van der Waals surface area contributed by atoms with Gasteiger partial charge in [0.1, 0.15) is 23.7 Å². The maximum atomic E-state index is 12.7. The summed E-state index contributed by atoms with van der Waals surface area (Å²) in [6.45, 7) is 11.1. The second kappa shape index (κ2) is 9.74. The molecule has 0 saturated heterocycles. The van der Waals surface area contributed by atoms with Crippen LogP contribution in [0.5, 0.6) is 5.75 Å². The Hall–Kier alpha value is -3.31. The van der Waals surface area contributed by atoms with E-state index in [4.69, 9.17) is 14.2 Å². The summed E-state index contributed by atoms with van der Waals surface area (Å²) in [5.74, 6) is 0.413. The highest BCUT2D eigenvalue weighted by Crippen LogP contribution is 2.47. The SMILES string of the molecule is CCOC(=O)CC1(C(C)CC)OCCc2c1[nH]c1c(C)c(OCc3cc(C)n(C)n3)cc(C#N)c21. The molecule has 1 aromatic carbocycles. The zero-order chi connectivity index (χ0) is 25.3. The summed E-state index contributed by atoms with van der Waals surface area (Å²) in [7, 11) is 1.90. The fourth-order valence-electron chi connectivity index (χ4n) is 5.12. The van der Waals surface area contributed by atoms with E-state index in [9.17, 15) is 10.1 Å². The van der Waals surface area contributed by atoms with Crippen LogP contribution in [-0.4, -0.2) is 33.9 Å². The molecule has 3 heterocycles. The molecule has 1 aliphatic rings. The number of aromatic amines is 1. The monoisotopic (exact) mass is 478 g/mol. The van der Waals surface area contributed by atoms with Crippen molar-refractivity contribution in [3.63, 3.8) is 0 Å². The normalized spacial score (nSPS) is 18.2. The van der Waals surface area contributed by atoms with Crippen molar-refractivity contribution in [2.24, 2.45) is 13.0 Å². The lowest BCUT2D eigenvalue weighted by atomic mass is 9.77. The second-order valence-electron chi connectivity index (χ2n) is 9.36. The lowest BCUT2D eigenvalue weighted by Crippen LogP contribution is -2.43. The van der Waals surface area contributed by atoms with Crippen LogP contribution in [0.2, 0.25) is 0 Å². The summed E-state index contributed by atoms with van der Waals surface area (Å²) in [6, 6.07) is 6.16. The number of hydrogen-bond donors (Lipinski definition) is 1. The fourth-order valence-corrected chi connectivity index (χ4v) is 5.12. The fraction of sp³-hybridized carbons (Fsp3) is 0.519. The Morgan fingerprint density at radius 3 is 2.77 bits per heavy atom. The predicted octanol–water partition coefficient (Wildman–Crippen LogP) is 4.74. The van der Waals surface area contributed by atoms with Gasteiger partial charge in [0.2, 0.25) is 0 Å². The van der Waals surface area contributed by atoms with Crippen molar-refractivity contribution in [1.29, 1.82) is 5.26 Å². The third-order valence-corrected chi connectivity index (χ3v) is 7.31. The molecule has 0 amide bonds. The molecular formula is C27H34N4O4. The zero-order valence-corrected chi connectivity index (χ0v) is 21.4. The molecule has 4 rings (SSSR count). The minimum absolute atomic E-state index is 0.0629. The van der Waals surface area contributed by atoms with Crippen molar-refractivity contribution < 1.29 is 19.0 Å². The first kappa shape index (κ1) is 24.8. The molecule has 0 radical (unpaired) electrons. The van der Waals surface area contributed by atoms with Crippen LogP contribution in [0.3, 0.4) is 0 Å². The number of hydrogen-bond acceptors (Lipinski definition) is 6. The van der Waals surface area contributed by atoms with Crippen molar-refractivity contribution in [2.45, 2.75) is 66.1 Å². The topological polar surface area (TPSA) is 102 Å². The molecule has 0 spiro atoms. The standard InChI is InChI=1S/C27H34N4O4/c1-7-16(3)27(13-23(32)33-8-2)26-21(9-10-35-27)24-19(14-28)12-22(18(5)25(24)29-26)34-15-20-11-17(4)31(6)30-20/h11-12,16,29H,7-10,13,15H2,1-6H3. The minimum Gasteiger partial charge on any atom is -0.487 e. The molecule has 3 aromatic rings. The van der Waals surface area contributed by atoms with Gasteiger partial charge < -0.3 is 19.2 Å². The first-order valence-corrected chi connectivity index (χ1v) is 12.3. The van der Waals surface area contributed by atoms with Gasteiger partial charge in [0.25, 0.3) is 0 Å². The number of ether oxygens (including phenoxy) is 3. The Morgan fingerprint density at radius 2 is 2.14 bits per heavy atom. The first-order valence-electron chi connectivity index (χ1n) is 12.3. The van der Waals surface area contributed by atoms with Crippen LogP contribution in [0.25, 0.3) is 10.9 Å². The minimum atomic E-state index is -0.834. The maximum Gasteiger partial charge on any atom is 0.309 e. The van der Waals surface area contributed by atoms with Gasteiger partial charge in [-0.05, 0) is 50.8 Å². The number of rotatable bonds is 8. The average Bonchev–Trinajstić information content (AvgIpc) is 3.39. The average molecular weight is 479 g/mol. The lowest BCUT2D eigenvalue weighted by Gasteiger charge is -2.41. The smallest absolute Gasteiger partial charge is 0.309 e. The molecule has 8 heteroatoms. The Bertz CT molecular complexity index is 1280. The highest BCUT2D eigenvalue weighted by Gasteiger charge is 2.46. The summed E-state index contributed by atoms with van der Waals surface area (Å²) in [5, 5.41) is 15.4. The van der Waals surface area contributed by atoms with E-state index in [1.54, 1.807) is 6.92 Å². The van der Waals surface area contributed by atoms with Gasteiger partial charge in [-0.25, -0.2) is 0 Å². The van der Waals surface area contributed by atoms with E-state index in [2.05, 4.69) is 30.0 Å². The largest absolute Gasteiger partial charge is 0.487 e. The van der Waals surface area contributed by atoms with Gasteiger partial charge in [-0.1, -0.05) is 20.3 Å². The van der Waals surface area contributed by atoms with Crippen molar-refractivity contribution in [2.75, 3.05) is 13.2 Å². The van der Waals surface area contributed by atoms with Gasteiger partial charge in [-0.3, -0.25) is 9.48 Å². The molecule has 2 atom stereocenters. The van der Waals surface area contributed by atoms with Crippen LogP contribution in [0.1, 0.15) is 67.4 Å². The summed E-state index contributed by atoms with van der Waals surface area (Å²) >= 11 is 0. The Labute approximate surface area is 206 Å². The summed E-state index contributed by atoms with van der Waals surface area (Å²) < 4.78 is 19.7. The quantitative estimate of drug-likeness (QED) is 0.469. The van der Waals surface area contributed by atoms with E-state index in [0.29, 0.717) is 37.6 Å². The Balaban J connectivity index is 1.82. The first-order chi connectivity index (χ1) is 16.7. The Kier molecular flexibility index (Phi) is 6.91. The number of nitriles is 1. The second-order valence-corrected chi connectivity index (χ2v) is 9.36. The van der Waals surface area contributed by atoms with Crippen molar-refractivity contribution in [1.82, 2.24) is 14.8 Å². The van der Waals surface area contributed by atoms with E-state index in [1.807, 2.05) is 37.7 Å². The number of esters is 1. The number of carbonyl (C=O) groups is 1. The van der Waals surface area contributed by atoms with E-state index < -0.39 is 5.60 Å². The molecule has 2 unspecified atom stereocenters. The molecule has 0 fully saturated rings. The molecule has 1 N–H and O–H groups in total. The summed E-state index contributed by atoms with van der Waals surface area (Å²) in [6.07, 6.45) is 1.62. The van der Waals surface area contributed by atoms with Gasteiger partial charge >= 0.3 is 5.97 Å². The highest BCUT2D eigenvalue weighted by atomic mass is 16.5. The summed E-state index contributed by atoms with van der Waals surface area (Å²) in [4.78, 5) is 16.2. The van der Waals surface area contributed by atoms with Crippen LogP contribution in [0.4, 0.5) is 0 Å². The van der Waals surface area contributed by atoms with Gasteiger partial charge in [0, 0.05) is 23.7 Å². The van der Waals surface area contributed by atoms with Gasteiger partial charge in [-0.2, -0.15) is 10.4 Å². The Morgan fingerprint density at radius 1 is 1.37 bits per heavy atom. The zero-order valence-electron chi connectivity index (χ0n) is 21.4. The molecule has 0 saturated carbocycles. The van der Waals surface area contributed by atoms with Crippen LogP contribution in [0, 0.1) is 31.1 Å². The van der Waals surface area contributed by atoms with Crippen LogP contribution in [-0.2, 0) is 39.9 Å². The van der Waals surface area contributed by atoms with E-state index in [0.717, 1.165) is 45.5 Å². The van der Waals surface area contributed by atoms with E-state index in [1.165, 1.54) is 0 Å². The van der Waals surface area contributed by atoms with Crippen molar-refractivity contribution in [3.8, 4) is 11.8 Å². The maximum absolute atomic E-state index is 12.7. The molecule has 0 aliphatic carbocycles. The number of fused-ring (bicyclic) bond motifs is 3. The van der Waals surface area contributed by atoms with Gasteiger partial charge in [0.15, 0.2) is 0 Å². The van der Waals surface area contributed by atoms with Gasteiger partial charge in [0.05, 0.1) is 42.5 Å². The van der Waals surface area contributed by atoms with Crippen LogP contribution >= 0.6 is 0 Å². The molecule has 186 valence electrons. The summed E-state index contributed by atoms with van der Waals surface area (Å²) in [5.41, 5.74) is 5.27. The van der Waals surface area contributed by atoms with Gasteiger partial charge in [-0.15, -0.1) is 0 Å². The number of nitrogens with zero attached hydrogens (tertiary/aromatic N) is 3. The number of aryl methyl sites for hydroxylation is 3. The van der Waals surface area contributed by atoms with Crippen LogP contribution in [0.15, 0.2) is 12.1 Å². The molecule has 2 aromatic heterocycles. The number of benzene rings is 1. The molecule has 0 bridgehead atoms.